The number of nitrogens with zero attached hydrogens (tertiary/aromatic N) is 4. The van der Waals surface area contributed by atoms with Gasteiger partial charge in [-0.1, -0.05) is 0 Å². The highest BCUT2D eigenvalue weighted by Crippen LogP contribution is 2.20. The molecule has 6 heteroatoms. The number of hydrogen-bond donors (Lipinski definition) is 0. The molecule has 2 aliphatic rings. The molecule has 0 bridgehead atoms. The van der Waals surface area contributed by atoms with E-state index in [1.807, 2.05) is 0 Å². The van der Waals surface area contributed by atoms with E-state index in [2.05, 4.69) is 19.8 Å². The van der Waals surface area contributed by atoms with Crippen molar-refractivity contribution in [1.29, 1.82) is 0 Å². The van der Waals surface area contributed by atoms with Gasteiger partial charge < -0.3 is 9.64 Å². The Balaban J connectivity index is 1.62. The molecule has 0 amide bonds. The zero-order chi connectivity index (χ0) is 12.4. The molecule has 2 fully saturated rings. The van der Waals surface area contributed by atoms with Gasteiger partial charge in [-0.3, -0.25) is 4.90 Å². The predicted octanol–water partition coefficient (Wildman–Crippen LogP) is 0.527. The highest BCUT2D eigenvalue weighted by molar-refractivity contribution is 5.31. The number of ether oxygens (including phenoxy) is 1. The summed E-state index contributed by atoms with van der Waals surface area (Å²) in [5.41, 5.74) is 0. The van der Waals surface area contributed by atoms with Crippen LogP contribution in [0.2, 0.25) is 0 Å². The second-order valence-electron chi connectivity index (χ2n) is 4.74. The minimum absolute atomic E-state index is 0.386. The van der Waals surface area contributed by atoms with Gasteiger partial charge in [-0.25, -0.2) is 14.4 Å². The maximum absolute atomic E-state index is 12.8. The van der Waals surface area contributed by atoms with Gasteiger partial charge in [0.05, 0.1) is 25.6 Å². The zero-order valence-electron chi connectivity index (χ0n) is 10.3. The fraction of sp³-hybridized carbons (Fsp3) is 0.667. The third-order valence-electron chi connectivity index (χ3n) is 3.61. The summed E-state index contributed by atoms with van der Waals surface area (Å²) in [6, 6.07) is 0.544. The molecule has 0 radical (unpaired) electrons. The van der Waals surface area contributed by atoms with Crippen LogP contribution >= 0.6 is 0 Å². The Morgan fingerprint density at radius 1 is 1.17 bits per heavy atom. The topological polar surface area (TPSA) is 41.5 Å². The fourth-order valence-electron chi connectivity index (χ4n) is 2.63. The number of aromatic nitrogens is 2. The third kappa shape index (κ3) is 2.44. The molecule has 0 N–H and O–H groups in total. The molecule has 0 aliphatic carbocycles. The Labute approximate surface area is 106 Å². The van der Waals surface area contributed by atoms with E-state index >= 15 is 0 Å². The van der Waals surface area contributed by atoms with Crippen LogP contribution in [-0.4, -0.2) is 60.3 Å². The first-order chi connectivity index (χ1) is 8.83. The average Bonchev–Trinajstić information content (AvgIpc) is 2.90. The van der Waals surface area contributed by atoms with Gasteiger partial charge in [0.1, 0.15) is 0 Å². The van der Waals surface area contributed by atoms with E-state index in [0.29, 0.717) is 12.0 Å². The first-order valence-electron chi connectivity index (χ1n) is 6.37. The van der Waals surface area contributed by atoms with Crippen molar-refractivity contribution >= 4 is 5.95 Å². The molecular formula is C12H17FN4O. The highest BCUT2D eigenvalue weighted by Gasteiger charge is 2.29. The zero-order valence-corrected chi connectivity index (χ0v) is 10.3. The van der Waals surface area contributed by atoms with Gasteiger partial charge in [0, 0.05) is 32.2 Å². The normalized spacial score (nSPS) is 25.6. The van der Waals surface area contributed by atoms with E-state index in [9.17, 15) is 4.39 Å². The van der Waals surface area contributed by atoms with Crippen molar-refractivity contribution in [2.24, 2.45) is 0 Å². The highest BCUT2D eigenvalue weighted by atomic mass is 19.1. The van der Waals surface area contributed by atoms with Gasteiger partial charge in [-0.15, -0.1) is 0 Å². The first-order valence-corrected chi connectivity index (χ1v) is 6.37. The quantitative estimate of drug-likeness (QED) is 0.768. The maximum Gasteiger partial charge on any atom is 0.225 e. The summed E-state index contributed by atoms with van der Waals surface area (Å²) < 4.78 is 18.1. The SMILES string of the molecule is Fc1cnc(N2CCC(N3CCOCC3)C2)nc1. The van der Waals surface area contributed by atoms with Crippen molar-refractivity contribution in [3.63, 3.8) is 0 Å². The maximum atomic E-state index is 12.8. The predicted molar refractivity (Wildman–Crippen MR) is 65.0 cm³/mol. The molecule has 3 heterocycles. The Hall–Kier alpha value is -1.27. The van der Waals surface area contributed by atoms with Gasteiger partial charge in [-0.05, 0) is 6.42 Å². The van der Waals surface area contributed by atoms with Crippen LogP contribution in [-0.2, 0) is 4.74 Å². The largest absolute Gasteiger partial charge is 0.379 e. The Kier molecular flexibility index (Phi) is 3.38. The van der Waals surface area contributed by atoms with Crippen LogP contribution < -0.4 is 4.90 Å². The summed E-state index contributed by atoms with van der Waals surface area (Å²) >= 11 is 0. The third-order valence-corrected chi connectivity index (χ3v) is 3.61. The summed E-state index contributed by atoms with van der Waals surface area (Å²) in [6.07, 6.45) is 3.57. The molecule has 2 aliphatic heterocycles. The van der Waals surface area contributed by atoms with Crippen molar-refractivity contribution in [2.75, 3.05) is 44.3 Å². The van der Waals surface area contributed by atoms with Crippen molar-refractivity contribution in [2.45, 2.75) is 12.5 Å². The lowest BCUT2D eigenvalue weighted by atomic mass is 10.2. The smallest absolute Gasteiger partial charge is 0.225 e. The Morgan fingerprint density at radius 3 is 2.61 bits per heavy atom. The minimum atomic E-state index is -0.386. The Morgan fingerprint density at radius 2 is 1.89 bits per heavy atom. The van der Waals surface area contributed by atoms with Crippen molar-refractivity contribution in [1.82, 2.24) is 14.9 Å². The van der Waals surface area contributed by atoms with Gasteiger partial charge in [0.15, 0.2) is 5.82 Å². The first kappa shape index (κ1) is 11.8. The van der Waals surface area contributed by atoms with Crippen molar-refractivity contribution in [3.05, 3.63) is 18.2 Å². The van der Waals surface area contributed by atoms with Crippen LogP contribution in [0, 0.1) is 5.82 Å². The van der Waals surface area contributed by atoms with Crippen molar-refractivity contribution in [3.8, 4) is 0 Å². The van der Waals surface area contributed by atoms with Crippen LogP contribution in [0.3, 0.4) is 0 Å². The summed E-state index contributed by atoms with van der Waals surface area (Å²) in [6.45, 7) is 5.51. The van der Waals surface area contributed by atoms with E-state index < -0.39 is 0 Å². The monoisotopic (exact) mass is 252 g/mol. The lowest BCUT2D eigenvalue weighted by Gasteiger charge is -2.32. The molecule has 5 nitrogen and oxygen atoms in total. The van der Waals surface area contributed by atoms with E-state index in [1.54, 1.807) is 0 Å². The summed E-state index contributed by atoms with van der Waals surface area (Å²) in [4.78, 5) is 12.7. The molecule has 2 saturated heterocycles. The van der Waals surface area contributed by atoms with Crippen LogP contribution in [0.25, 0.3) is 0 Å². The van der Waals surface area contributed by atoms with Crippen LogP contribution in [0.1, 0.15) is 6.42 Å². The van der Waals surface area contributed by atoms with E-state index in [1.165, 1.54) is 12.4 Å². The molecule has 1 atom stereocenters. The number of hydrogen-bond acceptors (Lipinski definition) is 5. The minimum Gasteiger partial charge on any atom is -0.379 e. The molecule has 18 heavy (non-hydrogen) atoms. The second-order valence-corrected chi connectivity index (χ2v) is 4.74. The van der Waals surface area contributed by atoms with Gasteiger partial charge in [0.2, 0.25) is 5.95 Å². The van der Waals surface area contributed by atoms with E-state index in [-0.39, 0.29) is 5.82 Å². The van der Waals surface area contributed by atoms with Gasteiger partial charge in [-0.2, -0.15) is 0 Å². The molecule has 1 aromatic rings. The second kappa shape index (κ2) is 5.16. The molecule has 0 spiro atoms. The summed E-state index contributed by atoms with van der Waals surface area (Å²) in [5.74, 6) is 0.245. The average molecular weight is 252 g/mol. The standard InChI is InChI=1S/C12H17FN4O/c13-10-7-14-12(15-8-10)17-2-1-11(9-17)16-3-5-18-6-4-16/h7-8,11H,1-6,9H2. The number of halogens is 1. The number of anilines is 1. The molecule has 98 valence electrons. The van der Waals surface area contributed by atoms with Crippen LogP contribution in [0.4, 0.5) is 10.3 Å². The van der Waals surface area contributed by atoms with Gasteiger partial charge in [0.25, 0.3) is 0 Å². The molecular weight excluding hydrogens is 235 g/mol. The summed E-state index contributed by atoms with van der Waals surface area (Å²) in [7, 11) is 0. The summed E-state index contributed by atoms with van der Waals surface area (Å²) in [5, 5.41) is 0. The molecule has 0 aromatic carbocycles. The lowest BCUT2D eigenvalue weighted by Crippen LogP contribution is -2.44. The molecule has 1 aromatic heterocycles. The van der Waals surface area contributed by atoms with Crippen LogP contribution in [0.5, 0.6) is 0 Å². The lowest BCUT2D eigenvalue weighted by molar-refractivity contribution is 0.0209. The molecule has 0 saturated carbocycles. The molecule has 1 unspecified atom stereocenters. The molecule has 3 rings (SSSR count). The number of morpholine rings is 1. The number of rotatable bonds is 2. The van der Waals surface area contributed by atoms with E-state index in [4.69, 9.17) is 4.74 Å². The van der Waals surface area contributed by atoms with Crippen LogP contribution in [0.15, 0.2) is 12.4 Å². The Bertz CT molecular complexity index is 394. The van der Waals surface area contributed by atoms with Crippen molar-refractivity contribution < 1.29 is 9.13 Å². The fourth-order valence-corrected chi connectivity index (χ4v) is 2.63. The van der Waals surface area contributed by atoms with Gasteiger partial charge >= 0.3 is 0 Å². The van der Waals surface area contributed by atoms with E-state index in [0.717, 1.165) is 45.8 Å².